The first-order chi connectivity index (χ1) is 9.24. The molecule has 1 atom stereocenters. The summed E-state index contributed by atoms with van der Waals surface area (Å²) in [5.74, 6) is 0. The maximum Gasteiger partial charge on any atom is 0.408 e. The maximum atomic E-state index is 11.4. The number of aliphatic hydroxyl groups is 1. The second kappa shape index (κ2) is 6.54. The summed E-state index contributed by atoms with van der Waals surface area (Å²) in [7, 11) is 0. The fourth-order valence-corrected chi connectivity index (χ4v) is 2.49. The third kappa shape index (κ3) is 3.24. The molecule has 1 aliphatic rings. The number of hydrogen-bond acceptors (Lipinski definition) is 3. The predicted molar refractivity (Wildman–Crippen MR) is 71.9 cm³/mol. The van der Waals surface area contributed by atoms with Crippen molar-refractivity contribution in [2.75, 3.05) is 19.7 Å². The molecule has 1 heterocycles. The molecule has 1 aliphatic heterocycles. The lowest BCUT2D eigenvalue weighted by molar-refractivity contribution is 0.108. The van der Waals surface area contributed by atoms with Gasteiger partial charge in [0.05, 0.1) is 0 Å². The molecular formula is C14H20N2O3. The van der Waals surface area contributed by atoms with Gasteiger partial charge in [0.2, 0.25) is 0 Å². The summed E-state index contributed by atoms with van der Waals surface area (Å²) < 4.78 is 0. The minimum Gasteiger partial charge on any atom is -0.465 e. The molecule has 3 N–H and O–H groups in total. The Hall–Kier alpha value is -1.59. The SMILES string of the molecule is O=C(O)N(CCCCO)C1NCCc2ccccc21. The van der Waals surface area contributed by atoms with Crippen LogP contribution in [0.5, 0.6) is 0 Å². The number of unbranched alkanes of at least 4 members (excludes halogenated alkanes) is 1. The van der Waals surface area contributed by atoms with E-state index in [-0.39, 0.29) is 12.8 Å². The zero-order valence-electron chi connectivity index (χ0n) is 10.9. The van der Waals surface area contributed by atoms with Gasteiger partial charge in [-0.3, -0.25) is 10.2 Å². The molecule has 5 nitrogen and oxygen atoms in total. The van der Waals surface area contributed by atoms with E-state index in [0.29, 0.717) is 19.4 Å². The topological polar surface area (TPSA) is 72.8 Å². The smallest absolute Gasteiger partial charge is 0.408 e. The van der Waals surface area contributed by atoms with E-state index in [0.717, 1.165) is 18.5 Å². The average molecular weight is 264 g/mol. The van der Waals surface area contributed by atoms with E-state index in [1.54, 1.807) is 0 Å². The van der Waals surface area contributed by atoms with Gasteiger partial charge < -0.3 is 10.2 Å². The summed E-state index contributed by atoms with van der Waals surface area (Å²) in [5, 5.41) is 21.4. The van der Waals surface area contributed by atoms with Crippen molar-refractivity contribution >= 4 is 6.09 Å². The molecule has 5 heteroatoms. The third-order valence-corrected chi connectivity index (χ3v) is 3.45. The van der Waals surface area contributed by atoms with Crippen LogP contribution in [0.25, 0.3) is 0 Å². The molecule has 0 fully saturated rings. The Kier molecular flexibility index (Phi) is 4.76. The quantitative estimate of drug-likeness (QED) is 0.706. The molecule has 0 aliphatic carbocycles. The minimum absolute atomic E-state index is 0.0993. The lowest BCUT2D eigenvalue weighted by Gasteiger charge is -2.34. The van der Waals surface area contributed by atoms with E-state index >= 15 is 0 Å². The van der Waals surface area contributed by atoms with Crippen LogP contribution in [-0.4, -0.2) is 40.9 Å². The van der Waals surface area contributed by atoms with E-state index in [4.69, 9.17) is 5.11 Å². The predicted octanol–water partition coefficient (Wildman–Crippen LogP) is 1.58. The van der Waals surface area contributed by atoms with Gasteiger partial charge in [-0.1, -0.05) is 24.3 Å². The summed E-state index contributed by atoms with van der Waals surface area (Å²) in [4.78, 5) is 12.9. The Balaban J connectivity index is 2.16. The summed E-state index contributed by atoms with van der Waals surface area (Å²) >= 11 is 0. The van der Waals surface area contributed by atoms with Crippen LogP contribution in [0.1, 0.15) is 30.1 Å². The Morgan fingerprint density at radius 3 is 2.89 bits per heavy atom. The highest BCUT2D eigenvalue weighted by atomic mass is 16.4. The van der Waals surface area contributed by atoms with Gasteiger partial charge in [0.25, 0.3) is 0 Å². The summed E-state index contributed by atoms with van der Waals surface area (Å²) in [5.41, 5.74) is 2.25. The van der Waals surface area contributed by atoms with E-state index in [9.17, 15) is 9.90 Å². The molecular weight excluding hydrogens is 244 g/mol. The fourth-order valence-electron chi connectivity index (χ4n) is 2.49. The van der Waals surface area contributed by atoms with Crippen LogP contribution in [0, 0.1) is 0 Å². The molecule has 2 rings (SSSR count). The highest BCUT2D eigenvalue weighted by molar-refractivity contribution is 5.66. The van der Waals surface area contributed by atoms with Crippen molar-refractivity contribution in [1.82, 2.24) is 10.2 Å². The van der Waals surface area contributed by atoms with Crippen LogP contribution in [0.15, 0.2) is 24.3 Å². The lowest BCUT2D eigenvalue weighted by Crippen LogP contribution is -2.45. The number of carboxylic acid groups (broad SMARTS) is 1. The van der Waals surface area contributed by atoms with Gasteiger partial charge in [-0.25, -0.2) is 4.79 Å². The van der Waals surface area contributed by atoms with Crippen LogP contribution in [0.2, 0.25) is 0 Å². The Bertz CT molecular complexity index is 436. The molecule has 1 aromatic rings. The number of hydrogen-bond donors (Lipinski definition) is 3. The number of fused-ring (bicyclic) bond motifs is 1. The van der Waals surface area contributed by atoms with Gasteiger partial charge in [0, 0.05) is 19.7 Å². The van der Waals surface area contributed by atoms with Crippen LogP contribution >= 0.6 is 0 Å². The summed E-state index contributed by atoms with van der Waals surface area (Å²) in [6.07, 6.45) is 1.02. The van der Waals surface area contributed by atoms with Gasteiger partial charge in [-0.2, -0.15) is 0 Å². The molecule has 1 aromatic carbocycles. The van der Waals surface area contributed by atoms with Crippen molar-refractivity contribution in [1.29, 1.82) is 0 Å². The second-order valence-corrected chi connectivity index (χ2v) is 4.71. The third-order valence-electron chi connectivity index (χ3n) is 3.45. The first-order valence-corrected chi connectivity index (χ1v) is 6.65. The molecule has 0 bridgehead atoms. The number of benzene rings is 1. The molecule has 0 radical (unpaired) electrons. The highest BCUT2D eigenvalue weighted by Crippen LogP contribution is 2.26. The highest BCUT2D eigenvalue weighted by Gasteiger charge is 2.28. The number of nitrogens with one attached hydrogen (secondary N) is 1. The van der Waals surface area contributed by atoms with Crippen LogP contribution in [0.4, 0.5) is 4.79 Å². The van der Waals surface area contributed by atoms with Gasteiger partial charge in [0.1, 0.15) is 6.17 Å². The van der Waals surface area contributed by atoms with Crippen molar-refractivity contribution in [3.8, 4) is 0 Å². The van der Waals surface area contributed by atoms with E-state index < -0.39 is 6.09 Å². The van der Waals surface area contributed by atoms with E-state index in [2.05, 4.69) is 11.4 Å². The first-order valence-electron chi connectivity index (χ1n) is 6.65. The van der Waals surface area contributed by atoms with Gasteiger partial charge >= 0.3 is 6.09 Å². The molecule has 104 valence electrons. The zero-order valence-corrected chi connectivity index (χ0v) is 10.9. The number of amides is 1. The van der Waals surface area contributed by atoms with Crippen LogP contribution in [-0.2, 0) is 6.42 Å². The maximum absolute atomic E-state index is 11.4. The van der Waals surface area contributed by atoms with Crippen molar-refractivity contribution in [3.63, 3.8) is 0 Å². The van der Waals surface area contributed by atoms with Crippen molar-refractivity contribution in [2.45, 2.75) is 25.4 Å². The Morgan fingerprint density at radius 2 is 2.16 bits per heavy atom. The fraction of sp³-hybridized carbons (Fsp3) is 0.500. The van der Waals surface area contributed by atoms with E-state index in [1.807, 2.05) is 18.2 Å². The lowest BCUT2D eigenvalue weighted by atomic mass is 9.97. The molecule has 0 saturated carbocycles. The second-order valence-electron chi connectivity index (χ2n) is 4.71. The summed E-state index contributed by atoms with van der Waals surface area (Å²) in [6.45, 7) is 1.31. The van der Waals surface area contributed by atoms with Crippen molar-refractivity contribution in [2.24, 2.45) is 0 Å². The minimum atomic E-state index is -0.924. The molecule has 1 amide bonds. The van der Waals surface area contributed by atoms with Crippen molar-refractivity contribution < 1.29 is 15.0 Å². The van der Waals surface area contributed by atoms with Gasteiger partial charge in [-0.05, 0) is 30.4 Å². The number of aliphatic hydroxyl groups excluding tert-OH is 1. The van der Waals surface area contributed by atoms with Crippen LogP contribution in [0.3, 0.4) is 0 Å². The Labute approximate surface area is 112 Å². The first kappa shape index (κ1) is 13.8. The number of carbonyl (C=O) groups is 1. The monoisotopic (exact) mass is 264 g/mol. The normalized spacial score (nSPS) is 17.8. The standard InChI is InChI=1S/C14H20N2O3/c17-10-4-3-9-16(14(18)19)13-12-6-2-1-5-11(12)7-8-15-13/h1-2,5-6,13,15,17H,3-4,7-10H2,(H,18,19). The molecule has 0 spiro atoms. The molecule has 0 saturated heterocycles. The summed E-state index contributed by atoms with van der Waals surface area (Å²) in [6, 6.07) is 7.95. The van der Waals surface area contributed by atoms with E-state index in [1.165, 1.54) is 10.5 Å². The number of rotatable bonds is 5. The Morgan fingerprint density at radius 1 is 1.37 bits per heavy atom. The van der Waals surface area contributed by atoms with Gasteiger partial charge in [-0.15, -0.1) is 0 Å². The van der Waals surface area contributed by atoms with Crippen molar-refractivity contribution in [3.05, 3.63) is 35.4 Å². The molecule has 0 aromatic heterocycles. The van der Waals surface area contributed by atoms with Gasteiger partial charge in [0.15, 0.2) is 0 Å². The largest absolute Gasteiger partial charge is 0.465 e. The number of nitrogens with zero attached hydrogens (tertiary/aromatic N) is 1. The molecule has 19 heavy (non-hydrogen) atoms. The molecule has 1 unspecified atom stereocenters. The zero-order chi connectivity index (χ0) is 13.7. The van der Waals surface area contributed by atoms with Crippen LogP contribution < -0.4 is 5.32 Å². The average Bonchev–Trinajstić information content (AvgIpc) is 2.43.